The van der Waals surface area contributed by atoms with Gasteiger partial charge in [-0.3, -0.25) is 4.55 Å². The van der Waals surface area contributed by atoms with E-state index in [1.807, 2.05) is 0 Å². The first-order valence-corrected chi connectivity index (χ1v) is 5.65. The SMILES string of the molecule is COc1ccc(S(=O)(=O)O)c(CC[O])c1. The molecule has 83 valence electrons. The van der Waals surface area contributed by atoms with Crippen LogP contribution in [0.15, 0.2) is 23.1 Å². The average Bonchev–Trinajstić information content (AvgIpc) is 2.16. The Morgan fingerprint density at radius 1 is 1.40 bits per heavy atom. The maximum absolute atomic E-state index is 10.9. The van der Waals surface area contributed by atoms with Gasteiger partial charge in [0, 0.05) is 6.42 Å². The fourth-order valence-corrected chi connectivity index (χ4v) is 1.97. The molecule has 0 aromatic heterocycles. The minimum Gasteiger partial charge on any atom is -0.497 e. The second-order valence-electron chi connectivity index (χ2n) is 2.90. The van der Waals surface area contributed by atoms with Gasteiger partial charge in [-0.05, 0) is 23.8 Å². The number of methoxy groups -OCH3 is 1. The van der Waals surface area contributed by atoms with E-state index in [0.29, 0.717) is 5.75 Å². The molecule has 0 spiro atoms. The first-order chi connectivity index (χ1) is 6.99. The molecule has 0 saturated heterocycles. The van der Waals surface area contributed by atoms with Gasteiger partial charge in [0.15, 0.2) is 0 Å². The Bertz CT molecular complexity index is 438. The van der Waals surface area contributed by atoms with Crippen molar-refractivity contribution >= 4 is 10.1 Å². The van der Waals surface area contributed by atoms with Crippen LogP contribution in [0.3, 0.4) is 0 Å². The minimum atomic E-state index is -4.28. The molecule has 1 N–H and O–H groups in total. The van der Waals surface area contributed by atoms with Crippen LogP contribution in [-0.2, 0) is 21.6 Å². The lowest BCUT2D eigenvalue weighted by molar-refractivity contribution is 0.196. The van der Waals surface area contributed by atoms with Crippen molar-refractivity contribution in [3.63, 3.8) is 0 Å². The van der Waals surface area contributed by atoms with Crippen LogP contribution in [0.2, 0.25) is 0 Å². The molecule has 0 aliphatic carbocycles. The molecule has 6 heteroatoms. The van der Waals surface area contributed by atoms with Crippen LogP contribution in [0.1, 0.15) is 5.56 Å². The van der Waals surface area contributed by atoms with Crippen molar-refractivity contribution in [2.75, 3.05) is 13.7 Å². The van der Waals surface area contributed by atoms with Gasteiger partial charge >= 0.3 is 0 Å². The highest BCUT2D eigenvalue weighted by Crippen LogP contribution is 2.21. The fourth-order valence-electron chi connectivity index (χ4n) is 1.24. The number of rotatable bonds is 4. The van der Waals surface area contributed by atoms with Crippen molar-refractivity contribution < 1.29 is 22.8 Å². The summed E-state index contributed by atoms with van der Waals surface area (Å²) in [5.74, 6) is 0.450. The standard InChI is InChI=1S/C9H11O5S/c1-14-8-2-3-9(15(11,12)13)7(6-8)4-5-10/h2-3,6H,4-5H2,1H3,(H,11,12,13). The summed E-state index contributed by atoms with van der Waals surface area (Å²) in [6.07, 6.45) is 0.0341. The predicted molar refractivity (Wildman–Crippen MR) is 52.1 cm³/mol. The Balaban J connectivity index is 3.27. The topological polar surface area (TPSA) is 83.5 Å². The van der Waals surface area contributed by atoms with Crippen LogP contribution in [0.5, 0.6) is 5.75 Å². The third-order valence-corrected chi connectivity index (χ3v) is 2.87. The smallest absolute Gasteiger partial charge is 0.294 e. The third kappa shape index (κ3) is 2.92. The molecule has 0 amide bonds. The second-order valence-corrected chi connectivity index (χ2v) is 4.29. The van der Waals surface area contributed by atoms with Crippen LogP contribution in [-0.4, -0.2) is 26.7 Å². The average molecular weight is 231 g/mol. The minimum absolute atomic E-state index is 0.0341. The highest BCUT2D eigenvalue weighted by atomic mass is 32.2. The molecule has 0 bridgehead atoms. The molecule has 1 aromatic carbocycles. The first kappa shape index (κ1) is 12.0. The zero-order chi connectivity index (χ0) is 11.5. The summed E-state index contributed by atoms with van der Waals surface area (Å²) >= 11 is 0. The van der Waals surface area contributed by atoms with E-state index in [1.165, 1.54) is 25.3 Å². The first-order valence-electron chi connectivity index (χ1n) is 4.21. The van der Waals surface area contributed by atoms with Crippen LogP contribution in [0, 0.1) is 0 Å². The summed E-state index contributed by atoms with van der Waals surface area (Å²) in [5.41, 5.74) is 0.270. The van der Waals surface area contributed by atoms with Crippen molar-refractivity contribution in [1.29, 1.82) is 0 Å². The van der Waals surface area contributed by atoms with E-state index in [2.05, 4.69) is 0 Å². The number of hydrogen-bond acceptors (Lipinski definition) is 3. The van der Waals surface area contributed by atoms with E-state index >= 15 is 0 Å². The Morgan fingerprint density at radius 3 is 2.53 bits per heavy atom. The van der Waals surface area contributed by atoms with Crippen LogP contribution < -0.4 is 4.74 Å². The van der Waals surface area contributed by atoms with Gasteiger partial charge in [-0.25, -0.2) is 5.11 Å². The van der Waals surface area contributed by atoms with Crippen molar-refractivity contribution in [2.24, 2.45) is 0 Å². The lowest BCUT2D eigenvalue weighted by Crippen LogP contribution is -2.04. The summed E-state index contributed by atoms with van der Waals surface area (Å²) in [5, 5.41) is 10.5. The summed E-state index contributed by atoms with van der Waals surface area (Å²) in [4.78, 5) is -0.237. The summed E-state index contributed by atoms with van der Waals surface area (Å²) in [6, 6.07) is 4.07. The molecule has 1 aromatic rings. The molecule has 0 aliphatic rings. The quantitative estimate of drug-likeness (QED) is 0.781. The molecule has 0 atom stereocenters. The molecule has 15 heavy (non-hydrogen) atoms. The van der Waals surface area contributed by atoms with Crippen molar-refractivity contribution in [1.82, 2.24) is 0 Å². The van der Waals surface area contributed by atoms with E-state index in [-0.39, 0.29) is 16.9 Å². The molecule has 0 fully saturated rings. The van der Waals surface area contributed by atoms with Crippen molar-refractivity contribution in [3.8, 4) is 5.75 Å². The molecule has 1 rings (SSSR count). The van der Waals surface area contributed by atoms with E-state index in [1.54, 1.807) is 0 Å². The van der Waals surface area contributed by atoms with Gasteiger partial charge < -0.3 is 4.74 Å². The van der Waals surface area contributed by atoms with Gasteiger partial charge in [-0.2, -0.15) is 8.42 Å². The van der Waals surface area contributed by atoms with E-state index in [9.17, 15) is 13.5 Å². The number of ether oxygens (including phenoxy) is 1. The highest BCUT2D eigenvalue weighted by Gasteiger charge is 2.15. The van der Waals surface area contributed by atoms with Gasteiger partial charge in [0.2, 0.25) is 0 Å². The summed E-state index contributed by atoms with van der Waals surface area (Å²) < 4.78 is 35.7. The zero-order valence-corrected chi connectivity index (χ0v) is 8.95. The fraction of sp³-hybridized carbons (Fsp3) is 0.333. The Kier molecular flexibility index (Phi) is 3.67. The largest absolute Gasteiger partial charge is 0.497 e. The van der Waals surface area contributed by atoms with Gasteiger partial charge in [0.05, 0.1) is 18.6 Å². The summed E-state index contributed by atoms with van der Waals surface area (Å²) in [7, 11) is -2.84. The molecular weight excluding hydrogens is 220 g/mol. The summed E-state index contributed by atoms with van der Waals surface area (Å²) in [6.45, 7) is -0.449. The monoisotopic (exact) mass is 231 g/mol. The molecule has 1 radical (unpaired) electrons. The van der Waals surface area contributed by atoms with E-state index in [0.717, 1.165) is 0 Å². The second kappa shape index (κ2) is 4.61. The number of benzene rings is 1. The normalized spacial score (nSPS) is 11.4. The van der Waals surface area contributed by atoms with Crippen LogP contribution in [0.4, 0.5) is 0 Å². The highest BCUT2D eigenvalue weighted by molar-refractivity contribution is 7.85. The van der Waals surface area contributed by atoms with Crippen LogP contribution >= 0.6 is 0 Å². The van der Waals surface area contributed by atoms with Crippen molar-refractivity contribution in [3.05, 3.63) is 23.8 Å². The zero-order valence-electron chi connectivity index (χ0n) is 8.13. The van der Waals surface area contributed by atoms with Gasteiger partial charge in [0.25, 0.3) is 10.1 Å². The number of hydrogen-bond donors (Lipinski definition) is 1. The lowest BCUT2D eigenvalue weighted by Gasteiger charge is -2.07. The molecule has 5 nitrogen and oxygen atoms in total. The van der Waals surface area contributed by atoms with Crippen molar-refractivity contribution in [2.45, 2.75) is 11.3 Å². The molecule has 0 saturated carbocycles. The lowest BCUT2D eigenvalue weighted by atomic mass is 10.1. The predicted octanol–water partition coefficient (Wildman–Crippen LogP) is 0.915. The van der Waals surface area contributed by atoms with Gasteiger partial charge in [0.1, 0.15) is 5.75 Å². The molecule has 0 heterocycles. The maximum Gasteiger partial charge on any atom is 0.294 e. The van der Waals surface area contributed by atoms with Gasteiger partial charge in [-0.15, -0.1) is 0 Å². The Labute approximate surface area is 88.1 Å². The Hall–Kier alpha value is -1.11. The molecular formula is C9H11O5S. The molecule has 0 aliphatic heterocycles. The third-order valence-electron chi connectivity index (χ3n) is 1.92. The van der Waals surface area contributed by atoms with E-state index < -0.39 is 16.7 Å². The Morgan fingerprint density at radius 2 is 2.07 bits per heavy atom. The maximum atomic E-state index is 10.9. The van der Waals surface area contributed by atoms with Crippen LogP contribution in [0.25, 0.3) is 0 Å². The van der Waals surface area contributed by atoms with Gasteiger partial charge in [-0.1, -0.05) is 0 Å². The molecule has 0 unspecified atom stereocenters. The van der Waals surface area contributed by atoms with E-state index in [4.69, 9.17) is 9.29 Å².